The van der Waals surface area contributed by atoms with Gasteiger partial charge < -0.3 is 10.1 Å². The summed E-state index contributed by atoms with van der Waals surface area (Å²) in [6.45, 7) is 4.19. The van der Waals surface area contributed by atoms with Gasteiger partial charge in [0.2, 0.25) is 10.1 Å². The number of aromatic nitrogens is 3. The lowest BCUT2D eigenvalue weighted by molar-refractivity contribution is 0.0699. The van der Waals surface area contributed by atoms with Gasteiger partial charge in [-0.25, -0.2) is 9.50 Å². The normalized spacial score (nSPS) is 15.6. The number of benzene rings is 1. The second-order valence-corrected chi connectivity index (χ2v) is 7.27. The zero-order valence-corrected chi connectivity index (χ0v) is 14.9. The molecule has 25 heavy (non-hydrogen) atoms. The topological polar surface area (TPSA) is 68.5 Å². The number of nitrogens with one attached hydrogen (secondary N) is 1. The lowest BCUT2D eigenvalue weighted by Crippen LogP contribution is -2.22. The van der Waals surface area contributed by atoms with E-state index in [1.807, 2.05) is 28.8 Å². The quantitative estimate of drug-likeness (QED) is 0.709. The van der Waals surface area contributed by atoms with Gasteiger partial charge >= 0.3 is 0 Å². The molecule has 0 bridgehead atoms. The number of carbonyl (C=O) groups excluding carboxylic acids is 1. The highest BCUT2D eigenvalue weighted by atomic mass is 32.1. The van der Waals surface area contributed by atoms with Crippen molar-refractivity contribution in [1.82, 2.24) is 14.6 Å². The zero-order chi connectivity index (χ0) is 17.2. The standard InChI is InChI=1S/C18H20N4O2S/c1-12(23)14-3-2-4-15(9-14)16-11-20-18-22(16)21-17(25-18)19-10-13-5-7-24-8-6-13/h2-4,9,11,13H,5-8,10H2,1H3,(H,19,21). The first-order valence-corrected chi connectivity index (χ1v) is 9.30. The lowest BCUT2D eigenvalue weighted by Gasteiger charge is -2.21. The molecule has 0 atom stereocenters. The molecular formula is C18H20N4O2S. The number of hydrogen-bond acceptors (Lipinski definition) is 6. The van der Waals surface area contributed by atoms with Crippen molar-refractivity contribution in [3.63, 3.8) is 0 Å². The molecule has 130 valence electrons. The highest BCUT2D eigenvalue weighted by Gasteiger charge is 2.16. The Kier molecular flexibility index (Phi) is 4.50. The molecule has 3 aromatic rings. The third-order valence-electron chi connectivity index (χ3n) is 4.53. The maximum absolute atomic E-state index is 11.6. The van der Waals surface area contributed by atoms with Crippen molar-refractivity contribution < 1.29 is 9.53 Å². The van der Waals surface area contributed by atoms with Gasteiger partial charge in [-0.05, 0) is 31.7 Å². The smallest absolute Gasteiger partial charge is 0.214 e. The van der Waals surface area contributed by atoms with Crippen molar-refractivity contribution in [2.45, 2.75) is 19.8 Å². The Bertz CT molecular complexity index is 896. The Morgan fingerprint density at radius 2 is 2.24 bits per heavy atom. The minimum atomic E-state index is 0.0553. The molecule has 2 aromatic heterocycles. The molecule has 0 unspecified atom stereocenters. The van der Waals surface area contributed by atoms with E-state index in [9.17, 15) is 4.79 Å². The van der Waals surface area contributed by atoms with Crippen molar-refractivity contribution in [2.24, 2.45) is 5.92 Å². The van der Waals surface area contributed by atoms with Crippen LogP contribution < -0.4 is 5.32 Å². The second kappa shape index (κ2) is 6.93. The van der Waals surface area contributed by atoms with Gasteiger partial charge in [0.1, 0.15) is 0 Å². The minimum absolute atomic E-state index is 0.0553. The van der Waals surface area contributed by atoms with Crippen LogP contribution in [0.15, 0.2) is 30.5 Å². The highest BCUT2D eigenvalue weighted by Crippen LogP contribution is 2.27. The molecule has 7 heteroatoms. The first-order chi connectivity index (χ1) is 12.2. The molecule has 1 aliphatic heterocycles. The van der Waals surface area contributed by atoms with E-state index >= 15 is 0 Å². The van der Waals surface area contributed by atoms with E-state index in [0.29, 0.717) is 11.5 Å². The van der Waals surface area contributed by atoms with Crippen LogP contribution in [0.3, 0.4) is 0 Å². The number of rotatable bonds is 5. The van der Waals surface area contributed by atoms with Crippen molar-refractivity contribution >= 4 is 27.2 Å². The molecule has 6 nitrogen and oxygen atoms in total. The van der Waals surface area contributed by atoms with Crippen LogP contribution in [0, 0.1) is 5.92 Å². The summed E-state index contributed by atoms with van der Waals surface area (Å²) in [6, 6.07) is 7.58. The van der Waals surface area contributed by atoms with Gasteiger partial charge in [-0.1, -0.05) is 29.5 Å². The molecule has 1 saturated heterocycles. The van der Waals surface area contributed by atoms with Gasteiger partial charge in [-0.3, -0.25) is 4.79 Å². The van der Waals surface area contributed by atoms with E-state index in [0.717, 1.165) is 53.9 Å². The number of anilines is 1. The van der Waals surface area contributed by atoms with Crippen LogP contribution in [0.1, 0.15) is 30.1 Å². The summed E-state index contributed by atoms with van der Waals surface area (Å²) in [7, 11) is 0. The fraction of sp³-hybridized carbons (Fsp3) is 0.389. The number of hydrogen-bond donors (Lipinski definition) is 1. The number of ether oxygens (including phenoxy) is 1. The van der Waals surface area contributed by atoms with Gasteiger partial charge in [0.05, 0.1) is 11.9 Å². The van der Waals surface area contributed by atoms with Gasteiger partial charge in [0, 0.05) is 30.9 Å². The number of fused-ring (bicyclic) bond motifs is 1. The Morgan fingerprint density at radius 3 is 3.04 bits per heavy atom. The van der Waals surface area contributed by atoms with Crippen LogP contribution in [0.2, 0.25) is 0 Å². The van der Waals surface area contributed by atoms with E-state index in [2.05, 4.69) is 15.4 Å². The summed E-state index contributed by atoms with van der Waals surface area (Å²) in [5.41, 5.74) is 2.54. The number of Topliss-reactive ketones (excluding diaryl/α,β-unsaturated/α-hetero) is 1. The van der Waals surface area contributed by atoms with Gasteiger partial charge in [-0.15, -0.1) is 5.10 Å². The Morgan fingerprint density at radius 1 is 1.40 bits per heavy atom. The average molecular weight is 356 g/mol. The summed E-state index contributed by atoms with van der Waals surface area (Å²) < 4.78 is 7.24. The van der Waals surface area contributed by atoms with Gasteiger partial charge in [0.25, 0.3) is 0 Å². The SMILES string of the molecule is CC(=O)c1cccc(-c2cnc3sc(NCC4CCOCC4)nn23)c1. The predicted molar refractivity (Wildman–Crippen MR) is 98.3 cm³/mol. The Balaban J connectivity index is 1.56. The van der Waals surface area contributed by atoms with E-state index < -0.39 is 0 Å². The van der Waals surface area contributed by atoms with Crippen molar-refractivity contribution in [1.29, 1.82) is 0 Å². The molecular weight excluding hydrogens is 336 g/mol. The maximum Gasteiger partial charge on any atom is 0.214 e. The van der Waals surface area contributed by atoms with Crippen LogP contribution in [0.5, 0.6) is 0 Å². The third kappa shape index (κ3) is 3.43. The predicted octanol–water partition coefficient (Wildman–Crippen LogP) is 3.50. The fourth-order valence-electron chi connectivity index (χ4n) is 3.04. The Labute approximate surface area is 149 Å². The molecule has 0 radical (unpaired) electrons. The van der Waals surface area contributed by atoms with E-state index in [1.165, 1.54) is 0 Å². The van der Waals surface area contributed by atoms with E-state index in [4.69, 9.17) is 4.74 Å². The van der Waals surface area contributed by atoms with Gasteiger partial charge in [0.15, 0.2) is 5.78 Å². The first kappa shape index (κ1) is 16.2. The van der Waals surface area contributed by atoms with Crippen molar-refractivity contribution in [3.05, 3.63) is 36.0 Å². The summed E-state index contributed by atoms with van der Waals surface area (Å²) in [5, 5.41) is 8.96. The van der Waals surface area contributed by atoms with Crippen LogP contribution in [-0.4, -0.2) is 40.1 Å². The van der Waals surface area contributed by atoms with Crippen LogP contribution >= 0.6 is 11.3 Å². The van der Waals surface area contributed by atoms with Crippen molar-refractivity contribution in [2.75, 3.05) is 25.1 Å². The molecule has 0 saturated carbocycles. The van der Waals surface area contributed by atoms with Crippen LogP contribution in [0.25, 0.3) is 16.2 Å². The Hall–Kier alpha value is -2.25. The third-order valence-corrected chi connectivity index (χ3v) is 5.41. The second-order valence-electron chi connectivity index (χ2n) is 6.32. The summed E-state index contributed by atoms with van der Waals surface area (Å²) >= 11 is 1.54. The summed E-state index contributed by atoms with van der Waals surface area (Å²) in [5.74, 6) is 0.691. The summed E-state index contributed by atoms with van der Waals surface area (Å²) in [6.07, 6.45) is 4.00. The van der Waals surface area contributed by atoms with Gasteiger partial charge in [-0.2, -0.15) is 0 Å². The average Bonchev–Trinajstić information content (AvgIpc) is 3.21. The molecule has 0 aliphatic carbocycles. The van der Waals surface area contributed by atoms with Crippen molar-refractivity contribution in [3.8, 4) is 11.3 Å². The minimum Gasteiger partial charge on any atom is -0.381 e. The van der Waals surface area contributed by atoms with Crippen LogP contribution in [0.4, 0.5) is 5.13 Å². The largest absolute Gasteiger partial charge is 0.381 e. The molecule has 1 aromatic carbocycles. The molecule has 0 amide bonds. The number of nitrogens with zero attached hydrogens (tertiary/aromatic N) is 3. The maximum atomic E-state index is 11.6. The van der Waals surface area contributed by atoms with Crippen LogP contribution in [-0.2, 0) is 4.74 Å². The molecule has 1 N–H and O–H groups in total. The highest BCUT2D eigenvalue weighted by molar-refractivity contribution is 7.20. The fourth-order valence-corrected chi connectivity index (χ4v) is 3.82. The van der Waals surface area contributed by atoms with E-state index in [1.54, 1.807) is 24.5 Å². The first-order valence-electron chi connectivity index (χ1n) is 8.48. The molecule has 1 fully saturated rings. The molecule has 4 rings (SSSR count). The molecule has 1 aliphatic rings. The van der Waals surface area contributed by atoms with E-state index in [-0.39, 0.29) is 5.78 Å². The number of imidazole rings is 1. The number of carbonyl (C=O) groups is 1. The number of ketones is 1. The summed E-state index contributed by atoms with van der Waals surface area (Å²) in [4.78, 5) is 16.9. The molecule has 0 spiro atoms. The zero-order valence-electron chi connectivity index (χ0n) is 14.1. The lowest BCUT2D eigenvalue weighted by atomic mass is 10.0. The molecule has 3 heterocycles. The monoisotopic (exact) mass is 356 g/mol.